The molecule has 1 N–H and O–H groups in total. The number of pyridine rings is 1. The highest BCUT2D eigenvalue weighted by Gasteiger charge is 2.15. The smallest absolute Gasteiger partial charge is 0.240 e. The lowest BCUT2D eigenvalue weighted by Crippen LogP contribution is -2.37. The molecule has 7 heteroatoms. The van der Waals surface area contributed by atoms with Gasteiger partial charge < -0.3 is 4.90 Å². The molecule has 0 fully saturated rings. The van der Waals surface area contributed by atoms with E-state index in [1.165, 1.54) is 19.1 Å². The molecule has 0 atom stereocenters. The molecule has 0 bridgehead atoms. The number of hydrogen-bond acceptors (Lipinski definition) is 4. The first kappa shape index (κ1) is 17.1. The Labute approximate surface area is 136 Å². The molecule has 1 aromatic heterocycles. The summed E-state index contributed by atoms with van der Waals surface area (Å²) >= 11 is 0. The van der Waals surface area contributed by atoms with Crippen molar-refractivity contribution in [2.45, 2.75) is 18.4 Å². The van der Waals surface area contributed by atoms with Crippen LogP contribution in [0.1, 0.15) is 12.6 Å². The summed E-state index contributed by atoms with van der Waals surface area (Å²) in [4.78, 5) is 17.6. The Bertz CT molecular complexity index is 734. The Morgan fingerprint density at radius 1 is 1.13 bits per heavy atom. The number of carbonyl (C=O) groups excluding carboxylic acids is 1. The maximum Gasteiger partial charge on any atom is 0.240 e. The molecule has 0 aliphatic rings. The van der Waals surface area contributed by atoms with Gasteiger partial charge in [-0.1, -0.05) is 24.3 Å². The van der Waals surface area contributed by atoms with Gasteiger partial charge >= 0.3 is 0 Å². The molecule has 0 saturated carbocycles. The van der Waals surface area contributed by atoms with Gasteiger partial charge in [-0.3, -0.25) is 9.78 Å². The monoisotopic (exact) mass is 333 g/mol. The molecule has 0 unspecified atom stereocenters. The molecule has 0 spiro atoms. The lowest BCUT2D eigenvalue weighted by Gasteiger charge is -2.20. The van der Waals surface area contributed by atoms with E-state index in [1.54, 1.807) is 35.4 Å². The summed E-state index contributed by atoms with van der Waals surface area (Å²) in [5.74, 6) is -0.130. The van der Waals surface area contributed by atoms with Crippen LogP contribution in [0, 0.1) is 0 Å². The van der Waals surface area contributed by atoms with Gasteiger partial charge in [-0.2, -0.15) is 0 Å². The molecule has 122 valence electrons. The second-order valence-electron chi connectivity index (χ2n) is 4.97. The highest BCUT2D eigenvalue weighted by Crippen LogP contribution is 2.07. The molecule has 0 aliphatic heterocycles. The summed E-state index contributed by atoms with van der Waals surface area (Å²) in [6.07, 6.45) is 1.66. The number of amides is 1. The highest BCUT2D eigenvalue weighted by atomic mass is 32.2. The van der Waals surface area contributed by atoms with Crippen molar-refractivity contribution in [1.82, 2.24) is 14.6 Å². The molecule has 1 aromatic carbocycles. The third-order valence-corrected chi connectivity index (χ3v) is 4.73. The Morgan fingerprint density at radius 3 is 2.43 bits per heavy atom. The maximum absolute atomic E-state index is 12.1. The van der Waals surface area contributed by atoms with Gasteiger partial charge in [0.15, 0.2) is 0 Å². The minimum absolute atomic E-state index is 0.130. The zero-order valence-corrected chi connectivity index (χ0v) is 13.7. The summed E-state index contributed by atoms with van der Waals surface area (Å²) in [5, 5.41) is 0. The van der Waals surface area contributed by atoms with Gasteiger partial charge in [0, 0.05) is 26.2 Å². The molecule has 23 heavy (non-hydrogen) atoms. The fraction of sp³-hybridized carbons (Fsp3) is 0.250. The number of benzene rings is 1. The van der Waals surface area contributed by atoms with Crippen molar-refractivity contribution >= 4 is 15.9 Å². The predicted molar refractivity (Wildman–Crippen MR) is 87.0 cm³/mol. The topological polar surface area (TPSA) is 79.4 Å². The number of carbonyl (C=O) groups is 1. The van der Waals surface area contributed by atoms with Crippen LogP contribution in [0.25, 0.3) is 0 Å². The molecular formula is C16H19N3O3S. The van der Waals surface area contributed by atoms with Gasteiger partial charge in [0.1, 0.15) is 0 Å². The second-order valence-corrected chi connectivity index (χ2v) is 6.74. The Morgan fingerprint density at radius 2 is 1.83 bits per heavy atom. The first-order valence-corrected chi connectivity index (χ1v) is 8.67. The normalized spacial score (nSPS) is 11.2. The Kier molecular flexibility index (Phi) is 5.84. The van der Waals surface area contributed by atoms with Crippen molar-refractivity contribution in [1.29, 1.82) is 0 Å². The van der Waals surface area contributed by atoms with Crippen molar-refractivity contribution < 1.29 is 13.2 Å². The third kappa shape index (κ3) is 5.15. The van der Waals surface area contributed by atoms with Crippen LogP contribution in [0.5, 0.6) is 0 Å². The zero-order valence-electron chi connectivity index (χ0n) is 12.8. The third-order valence-electron chi connectivity index (χ3n) is 3.25. The van der Waals surface area contributed by atoms with Crippen molar-refractivity contribution in [2.75, 3.05) is 13.1 Å². The first-order chi connectivity index (χ1) is 11.0. The summed E-state index contributed by atoms with van der Waals surface area (Å²) in [5.41, 5.74) is 0.758. The van der Waals surface area contributed by atoms with E-state index in [9.17, 15) is 13.2 Å². The van der Waals surface area contributed by atoms with E-state index in [0.29, 0.717) is 6.54 Å². The number of rotatable bonds is 7. The molecule has 0 radical (unpaired) electrons. The van der Waals surface area contributed by atoms with E-state index in [1.807, 2.05) is 12.1 Å². The van der Waals surface area contributed by atoms with Gasteiger partial charge in [0.25, 0.3) is 0 Å². The average Bonchev–Trinajstić information content (AvgIpc) is 2.55. The van der Waals surface area contributed by atoms with Crippen LogP contribution in [0.2, 0.25) is 0 Å². The molecule has 2 rings (SSSR count). The Balaban J connectivity index is 1.93. The van der Waals surface area contributed by atoms with Crippen molar-refractivity contribution in [2.24, 2.45) is 0 Å². The number of hydrogen-bond donors (Lipinski definition) is 1. The van der Waals surface area contributed by atoms with Gasteiger partial charge in [-0.25, -0.2) is 13.1 Å². The maximum atomic E-state index is 12.1. The van der Waals surface area contributed by atoms with Gasteiger partial charge in [-0.05, 0) is 24.3 Å². The summed E-state index contributed by atoms with van der Waals surface area (Å²) in [6.45, 7) is 2.22. The molecular weight excluding hydrogens is 314 g/mol. The van der Waals surface area contributed by atoms with E-state index >= 15 is 0 Å². The summed E-state index contributed by atoms with van der Waals surface area (Å²) < 4.78 is 26.7. The van der Waals surface area contributed by atoms with E-state index in [4.69, 9.17) is 0 Å². The molecule has 2 aromatic rings. The van der Waals surface area contributed by atoms with Crippen LogP contribution >= 0.6 is 0 Å². The van der Waals surface area contributed by atoms with Crippen molar-refractivity contribution in [3.05, 3.63) is 60.4 Å². The van der Waals surface area contributed by atoms with Crippen LogP contribution in [0.4, 0.5) is 0 Å². The molecule has 1 amide bonds. The van der Waals surface area contributed by atoms with E-state index < -0.39 is 10.0 Å². The SMILES string of the molecule is CC(=O)N(CCNS(=O)(=O)c1ccccc1)Cc1ccccn1. The number of aromatic nitrogens is 1. The van der Waals surface area contributed by atoms with Gasteiger partial charge in [0.2, 0.25) is 15.9 Å². The lowest BCUT2D eigenvalue weighted by atomic mass is 10.3. The minimum Gasteiger partial charge on any atom is -0.336 e. The zero-order chi connectivity index (χ0) is 16.7. The fourth-order valence-electron chi connectivity index (χ4n) is 2.03. The number of nitrogens with zero attached hydrogens (tertiary/aromatic N) is 2. The Hall–Kier alpha value is -2.25. The van der Waals surface area contributed by atoms with Crippen molar-refractivity contribution in [3.63, 3.8) is 0 Å². The average molecular weight is 333 g/mol. The second kappa shape index (κ2) is 7.85. The predicted octanol–water partition coefficient (Wildman–Crippen LogP) is 1.41. The summed E-state index contributed by atoms with van der Waals surface area (Å²) in [7, 11) is -3.56. The van der Waals surface area contributed by atoms with Crippen molar-refractivity contribution in [3.8, 4) is 0 Å². The van der Waals surface area contributed by atoms with E-state index in [-0.39, 0.29) is 23.9 Å². The number of sulfonamides is 1. The largest absolute Gasteiger partial charge is 0.336 e. The van der Waals surface area contributed by atoms with Crippen LogP contribution in [0.15, 0.2) is 59.6 Å². The van der Waals surface area contributed by atoms with Crippen LogP contribution in [-0.4, -0.2) is 37.3 Å². The van der Waals surface area contributed by atoms with E-state index in [2.05, 4.69) is 9.71 Å². The molecule has 0 aliphatic carbocycles. The quantitative estimate of drug-likeness (QED) is 0.831. The van der Waals surface area contributed by atoms with E-state index in [0.717, 1.165) is 5.69 Å². The first-order valence-electron chi connectivity index (χ1n) is 7.19. The highest BCUT2D eigenvalue weighted by molar-refractivity contribution is 7.89. The fourth-order valence-corrected chi connectivity index (χ4v) is 3.08. The minimum atomic E-state index is -3.56. The summed E-state index contributed by atoms with van der Waals surface area (Å²) in [6, 6.07) is 13.6. The van der Waals surface area contributed by atoms with Gasteiger partial charge in [-0.15, -0.1) is 0 Å². The van der Waals surface area contributed by atoms with Crippen LogP contribution in [-0.2, 0) is 21.4 Å². The standard InChI is InChI=1S/C16H19N3O3S/c1-14(20)19(13-15-7-5-6-10-17-15)12-11-18-23(21,22)16-8-3-2-4-9-16/h2-10,18H,11-13H2,1H3. The molecule has 6 nitrogen and oxygen atoms in total. The van der Waals surface area contributed by atoms with Crippen LogP contribution in [0.3, 0.4) is 0 Å². The molecule has 1 heterocycles. The lowest BCUT2D eigenvalue weighted by molar-refractivity contribution is -0.129. The molecule has 0 saturated heterocycles. The van der Waals surface area contributed by atoms with Crippen LogP contribution < -0.4 is 4.72 Å². The van der Waals surface area contributed by atoms with Gasteiger partial charge in [0.05, 0.1) is 17.1 Å². The number of nitrogens with one attached hydrogen (secondary N) is 1.